The molecule has 0 spiro atoms. The number of fused-ring (bicyclic) bond motifs is 1. The van der Waals surface area contributed by atoms with Gasteiger partial charge in [0.15, 0.2) is 22.4 Å². The number of H-pyrrole nitrogens is 1. The van der Waals surface area contributed by atoms with Crippen LogP contribution in [0.4, 0.5) is 0 Å². The Morgan fingerprint density at radius 1 is 1.23 bits per heavy atom. The summed E-state index contributed by atoms with van der Waals surface area (Å²) in [5.74, 6) is 1.85. The lowest BCUT2D eigenvalue weighted by molar-refractivity contribution is 0.102. The van der Waals surface area contributed by atoms with Crippen molar-refractivity contribution in [2.24, 2.45) is 0 Å². The summed E-state index contributed by atoms with van der Waals surface area (Å²) in [6.07, 6.45) is 1.43. The van der Waals surface area contributed by atoms with Crippen LogP contribution < -0.4 is 9.47 Å². The molecule has 1 N–H and O–H groups in total. The summed E-state index contributed by atoms with van der Waals surface area (Å²) in [6.45, 7) is 5.05. The maximum absolute atomic E-state index is 12.6. The lowest BCUT2D eigenvalue weighted by atomic mass is 10.2. The Kier molecular flexibility index (Phi) is 4.42. The van der Waals surface area contributed by atoms with Crippen molar-refractivity contribution in [3.05, 3.63) is 47.5 Å². The van der Waals surface area contributed by atoms with Gasteiger partial charge in [-0.2, -0.15) is 5.10 Å². The minimum absolute atomic E-state index is 0.0586. The highest BCUT2D eigenvalue weighted by molar-refractivity contribution is 7.99. The number of carbonyl (C=O) groups is 1. The molecule has 26 heavy (non-hydrogen) atoms. The van der Waals surface area contributed by atoms with E-state index in [0.717, 1.165) is 28.6 Å². The van der Waals surface area contributed by atoms with E-state index in [9.17, 15) is 4.79 Å². The van der Waals surface area contributed by atoms with Gasteiger partial charge in [0.1, 0.15) is 19.5 Å². The van der Waals surface area contributed by atoms with Crippen molar-refractivity contribution in [1.29, 1.82) is 0 Å². The van der Waals surface area contributed by atoms with Gasteiger partial charge in [0.05, 0.1) is 5.75 Å². The van der Waals surface area contributed by atoms with Gasteiger partial charge >= 0.3 is 0 Å². The first kappa shape index (κ1) is 16.7. The molecule has 0 saturated carbocycles. The maximum atomic E-state index is 12.6. The van der Waals surface area contributed by atoms with Gasteiger partial charge < -0.3 is 14.0 Å². The minimum Gasteiger partial charge on any atom is -0.486 e. The Morgan fingerprint density at radius 3 is 2.81 bits per heavy atom. The van der Waals surface area contributed by atoms with E-state index in [1.54, 1.807) is 0 Å². The zero-order chi connectivity index (χ0) is 18.1. The highest BCUT2D eigenvalue weighted by Gasteiger charge is 2.19. The summed E-state index contributed by atoms with van der Waals surface area (Å²) in [7, 11) is 0. The van der Waals surface area contributed by atoms with E-state index in [-0.39, 0.29) is 5.78 Å². The fraction of sp³-hybridized carbons (Fsp3) is 0.278. The normalized spacial score (nSPS) is 13.0. The third kappa shape index (κ3) is 3.08. The van der Waals surface area contributed by atoms with Gasteiger partial charge in [-0.15, -0.1) is 0 Å². The number of hydrogen-bond acceptors (Lipinski definition) is 6. The minimum atomic E-state index is 0.0586. The van der Waals surface area contributed by atoms with Crippen LogP contribution in [0.1, 0.15) is 21.7 Å². The second-order valence-electron chi connectivity index (χ2n) is 5.95. The average Bonchev–Trinajstić information content (AvgIpc) is 3.27. The molecule has 3 heterocycles. The lowest BCUT2D eigenvalue weighted by Crippen LogP contribution is -2.15. The van der Waals surface area contributed by atoms with Crippen LogP contribution in [0.3, 0.4) is 0 Å². The fourth-order valence-corrected chi connectivity index (χ4v) is 3.75. The van der Waals surface area contributed by atoms with Crippen molar-refractivity contribution in [2.45, 2.75) is 19.0 Å². The first-order valence-electron chi connectivity index (χ1n) is 8.24. The standard InChI is InChI=1S/C18H18N4O3S/c1-11-7-14(15(23)9-26-18-19-10-20-21-18)12(2)22(11)13-3-4-16-17(8-13)25-6-5-24-16/h3-4,7-8,10H,5-6,9H2,1-2H3,(H,19,20,21). The number of benzene rings is 1. The topological polar surface area (TPSA) is 82.0 Å². The van der Waals surface area contributed by atoms with Crippen LogP contribution in [0, 0.1) is 13.8 Å². The Bertz CT molecular complexity index is 950. The smallest absolute Gasteiger partial charge is 0.183 e. The van der Waals surface area contributed by atoms with Crippen LogP contribution in [0.15, 0.2) is 35.7 Å². The van der Waals surface area contributed by atoms with Crippen molar-refractivity contribution < 1.29 is 14.3 Å². The van der Waals surface area contributed by atoms with Crippen LogP contribution in [0.25, 0.3) is 5.69 Å². The molecule has 0 radical (unpaired) electrons. The van der Waals surface area contributed by atoms with E-state index in [2.05, 4.69) is 19.7 Å². The number of rotatable bonds is 5. The first-order valence-corrected chi connectivity index (χ1v) is 9.22. The van der Waals surface area contributed by atoms with Crippen LogP contribution in [-0.2, 0) is 0 Å². The Hall–Kier alpha value is -2.74. The molecule has 0 amide bonds. The van der Waals surface area contributed by atoms with Crippen LogP contribution in [0.2, 0.25) is 0 Å². The van der Waals surface area contributed by atoms with Gasteiger partial charge in [-0.1, -0.05) is 11.8 Å². The molecule has 8 heteroatoms. The first-order chi connectivity index (χ1) is 12.6. The van der Waals surface area contributed by atoms with Crippen molar-refractivity contribution in [2.75, 3.05) is 19.0 Å². The fourth-order valence-electron chi connectivity index (χ4n) is 3.09. The number of thioether (sulfide) groups is 1. The summed E-state index contributed by atoms with van der Waals surface area (Å²) < 4.78 is 13.3. The molecule has 0 fully saturated rings. The molecule has 0 saturated heterocycles. The number of aromatic nitrogens is 4. The highest BCUT2D eigenvalue weighted by atomic mass is 32.2. The number of Topliss-reactive ketones (excluding diaryl/α,β-unsaturated/α-hetero) is 1. The van der Waals surface area contributed by atoms with Gasteiger partial charge in [0.25, 0.3) is 0 Å². The molecule has 4 rings (SSSR count). The molecule has 3 aromatic rings. The lowest BCUT2D eigenvalue weighted by Gasteiger charge is -2.20. The molecule has 134 valence electrons. The molecule has 1 aliphatic heterocycles. The molecule has 0 aliphatic carbocycles. The summed E-state index contributed by atoms with van der Waals surface area (Å²) in [5, 5.41) is 7.18. The molecule has 0 bridgehead atoms. The van der Waals surface area contributed by atoms with Gasteiger partial charge in [-0.3, -0.25) is 9.89 Å². The molecule has 7 nitrogen and oxygen atoms in total. The van der Waals surface area contributed by atoms with Crippen molar-refractivity contribution in [3.8, 4) is 17.2 Å². The highest BCUT2D eigenvalue weighted by Crippen LogP contribution is 2.33. The SMILES string of the molecule is Cc1cc(C(=O)CSc2ncn[nH]2)c(C)n1-c1ccc2c(c1)OCCO2. The van der Waals surface area contributed by atoms with E-state index < -0.39 is 0 Å². The summed E-state index contributed by atoms with van der Waals surface area (Å²) in [4.78, 5) is 16.7. The Balaban J connectivity index is 1.61. The molecule has 1 aromatic carbocycles. The Labute approximate surface area is 154 Å². The Morgan fingerprint density at radius 2 is 2.04 bits per heavy atom. The third-order valence-electron chi connectivity index (χ3n) is 4.25. The number of ketones is 1. The van der Waals surface area contributed by atoms with Crippen molar-refractivity contribution in [3.63, 3.8) is 0 Å². The number of carbonyl (C=O) groups excluding carboxylic acids is 1. The van der Waals surface area contributed by atoms with E-state index in [0.29, 0.717) is 29.7 Å². The number of ether oxygens (including phenoxy) is 2. The molecular formula is C18H18N4O3S. The second kappa shape index (κ2) is 6.87. The van der Waals surface area contributed by atoms with Crippen LogP contribution >= 0.6 is 11.8 Å². The molecular weight excluding hydrogens is 352 g/mol. The van der Waals surface area contributed by atoms with Gasteiger partial charge in [0, 0.05) is 28.7 Å². The number of nitrogens with zero attached hydrogens (tertiary/aromatic N) is 3. The molecule has 0 atom stereocenters. The van der Waals surface area contributed by atoms with Gasteiger partial charge in [-0.25, -0.2) is 4.98 Å². The number of aryl methyl sites for hydroxylation is 1. The summed E-state index contributed by atoms with van der Waals surface area (Å²) >= 11 is 1.34. The predicted octanol–water partition coefficient (Wildman–Crippen LogP) is 2.96. The van der Waals surface area contributed by atoms with E-state index in [1.807, 2.05) is 38.1 Å². The van der Waals surface area contributed by atoms with E-state index >= 15 is 0 Å². The van der Waals surface area contributed by atoms with Crippen molar-refractivity contribution in [1.82, 2.24) is 19.7 Å². The van der Waals surface area contributed by atoms with E-state index in [1.165, 1.54) is 18.1 Å². The predicted molar refractivity (Wildman–Crippen MR) is 97.7 cm³/mol. The quantitative estimate of drug-likeness (QED) is 0.549. The van der Waals surface area contributed by atoms with Crippen LogP contribution in [-0.4, -0.2) is 44.5 Å². The second-order valence-corrected chi connectivity index (χ2v) is 6.91. The maximum Gasteiger partial charge on any atom is 0.183 e. The number of aromatic amines is 1. The number of nitrogens with one attached hydrogen (secondary N) is 1. The van der Waals surface area contributed by atoms with Gasteiger partial charge in [-0.05, 0) is 32.0 Å². The van der Waals surface area contributed by atoms with Crippen molar-refractivity contribution >= 4 is 17.5 Å². The summed E-state index contributed by atoms with van der Waals surface area (Å²) in [5.41, 5.74) is 3.56. The largest absolute Gasteiger partial charge is 0.486 e. The van der Waals surface area contributed by atoms with E-state index in [4.69, 9.17) is 9.47 Å². The zero-order valence-corrected chi connectivity index (χ0v) is 15.3. The molecule has 1 aliphatic rings. The summed E-state index contributed by atoms with van der Waals surface area (Å²) in [6, 6.07) is 7.76. The molecule has 0 unspecified atom stereocenters. The number of hydrogen-bond donors (Lipinski definition) is 1. The van der Waals surface area contributed by atoms with Gasteiger partial charge in [0.2, 0.25) is 0 Å². The average molecular weight is 370 g/mol. The monoisotopic (exact) mass is 370 g/mol. The van der Waals surface area contributed by atoms with Crippen LogP contribution in [0.5, 0.6) is 11.5 Å². The molecule has 2 aromatic heterocycles. The zero-order valence-electron chi connectivity index (χ0n) is 14.5. The third-order valence-corrected chi connectivity index (χ3v) is 5.13.